The molecule has 0 saturated carbocycles. The number of methoxy groups -OCH3 is 2. The van der Waals surface area contributed by atoms with Gasteiger partial charge in [0.1, 0.15) is 0 Å². The van der Waals surface area contributed by atoms with Crippen LogP contribution in [0.4, 0.5) is 4.79 Å². The fourth-order valence-electron chi connectivity index (χ4n) is 2.65. The van der Waals surface area contributed by atoms with Gasteiger partial charge in [-0.3, -0.25) is 9.69 Å². The number of carbonyl (C=O) groups excluding carboxylic acids is 2. The molecule has 1 N–H and O–H groups in total. The largest absolute Gasteiger partial charge is 0.353 e. The van der Waals surface area contributed by atoms with Crippen molar-refractivity contribution < 1.29 is 19.1 Å². The van der Waals surface area contributed by atoms with Gasteiger partial charge in [0.2, 0.25) is 0 Å². The summed E-state index contributed by atoms with van der Waals surface area (Å²) in [6.07, 6.45) is 0.199. The van der Waals surface area contributed by atoms with Crippen molar-refractivity contribution in [3.63, 3.8) is 0 Å². The predicted octanol–water partition coefficient (Wildman–Crippen LogP) is 1.16. The minimum atomic E-state index is -1.19. The highest BCUT2D eigenvalue weighted by Gasteiger charge is 2.55. The fourth-order valence-corrected chi connectivity index (χ4v) is 2.65. The number of nitrogens with one attached hydrogen (secondary N) is 1. The molecule has 114 valence electrons. The van der Waals surface area contributed by atoms with E-state index in [1.165, 1.54) is 21.3 Å². The number of aryl methyl sites for hydroxylation is 1. The van der Waals surface area contributed by atoms with Crippen molar-refractivity contribution in [2.24, 2.45) is 0 Å². The Morgan fingerprint density at radius 3 is 2.29 bits per heavy atom. The number of imide groups is 1. The number of nitrogens with zero attached hydrogens (tertiary/aromatic N) is 1. The Morgan fingerprint density at radius 1 is 1.19 bits per heavy atom. The average molecular weight is 292 g/mol. The molecule has 6 heteroatoms. The zero-order valence-electron chi connectivity index (χ0n) is 12.5. The SMILES string of the molecule is COC(OC)[C@@]1(CCc2ccccc2)NC(=O)N(C)C1=O. The van der Waals surface area contributed by atoms with Crippen LogP contribution in [-0.4, -0.2) is 49.9 Å². The Labute approximate surface area is 124 Å². The third kappa shape index (κ3) is 2.77. The predicted molar refractivity (Wildman–Crippen MR) is 76.6 cm³/mol. The number of hydrogen-bond donors (Lipinski definition) is 1. The summed E-state index contributed by atoms with van der Waals surface area (Å²) in [5.74, 6) is -0.336. The maximum absolute atomic E-state index is 12.5. The summed E-state index contributed by atoms with van der Waals surface area (Å²) in [6, 6.07) is 9.33. The van der Waals surface area contributed by atoms with Crippen LogP contribution >= 0.6 is 0 Å². The molecule has 2 rings (SSSR count). The number of carbonyl (C=O) groups is 2. The number of amides is 3. The van der Waals surface area contributed by atoms with Crippen LogP contribution < -0.4 is 5.32 Å². The molecular formula is C15H20N2O4. The molecule has 1 aromatic rings. The van der Waals surface area contributed by atoms with Crippen molar-refractivity contribution in [2.75, 3.05) is 21.3 Å². The molecule has 1 fully saturated rings. The van der Waals surface area contributed by atoms with Crippen molar-refractivity contribution in [2.45, 2.75) is 24.7 Å². The normalized spacial score (nSPS) is 22.0. The number of likely N-dealkylation sites (N-methyl/N-ethyl adjacent to an activating group) is 1. The van der Waals surface area contributed by atoms with Crippen molar-refractivity contribution in [3.05, 3.63) is 35.9 Å². The molecule has 0 radical (unpaired) electrons. The van der Waals surface area contributed by atoms with Crippen LogP contribution in [0.2, 0.25) is 0 Å². The summed E-state index contributed by atoms with van der Waals surface area (Å²) in [4.78, 5) is 25.4. The van der Waals surface area contributed by atoms with Gasteiger partial charge < -0.3 is 14.8 Å². The van der Waals surface area contributed by atoms with Gasteiger partial charge in [-0.05, 0) is 18.4 Å². The number of benzene rings is 1. The van der Waals surface area contributed by atoms with E-state index in [4.69, 9.17) is 9.47 Å². The van der Waals surface area contributed by atoms with Gasteiger partial charge in [0.05, 0.1) is 0 Å². The zero-order valence-corrected chi connectivity index (χ0v) is 12.5. The third-order valence-corrected chi connectivity index (χ3v) is 3.80. The van der Waals surface area contributed by atoms with Crippen molar-refractivity contribution in [3.8, 4) is 0 Å². The van der Waals surface area contributed by atoms with E-state index in [-0.39, 0.29) is 5.91 Å². The number of hydrogen-bond acceptors (Lipinski definition) is 4. The van der Waals surface area contributed by atoms with Crippen LogP contribution in [0, 0.1) is 0 Å². The van der Waals surface area contributed by atoms with Gasteiger partial charge in [0, 0.05) is 21.3 Å². The summed E-state index contributed by atoms with van der Waals surface area (Å²) in [5.41, 5.74) is -0.107. The van der Waals surface area contributed by atoms with Gasteiger partial charge in [-0.2, -0.15) is 0 Å². The Kier molecular flexibility index (Phi) is 4.59. The topological polar surface area (TPSA) is 67.9 Å². The van der Waals surface area contributed by atoms with Crippen molar-refractivity contribution in [1.29, 1.82) is 0 Å². The lowest BCUT2D eigenvalue weighted by Crippen LogP contribution is -2.58. The van der Waals surface area contributed by atoms with Gasteiger partial charge in [0.25, 0.3) is 5.91 Å². The van der Waals surface area contributed by atoms with Crippen molar-refractivity contribution >= 4 is 11.9 Å². The minimum absolute atomic E-state index is 0.336. The average Bonchev–Trinajstić information content (AvgIpc) is 2.73. The second-order valence-corrected chi connectivity index (χ2v) is 5.05. The molecule has 6 nitrogen and oxygen atoms in total. The summed E-state index contributed by atoms with van der Waals surface area (Å²) >= 11 is 0. The van der Waals surface area contributed by atoms with E-state index in [1.807, 2.05) is 30.3 Å². The van der Waals surface area contributed by atoms with Gasteiger partial charge in [-0.25, -0.2) is 4.79 Å². The Hall–Kier alpha value is -1.92. The third-order valence-electron chi connectivity index (χ3n) is 3.80. The molecule has 1 aliphatic heterocycles. The van der Waals surface area contributed by atoms with E-state index in [1.54, 1.807) is 0 Å². The van der Waals surface area contributed by atoms with E-state index in [0.717, 1.165) is 10.5 Å². The summed E-state index contributed by atoms with van der Waals surface area (Å²) in [6.45, 7) is 0. The quantitative estimate of drug-likeness (QED) is 0.631. The molecule has 0 unspecified atom stereocenters. The molecular weight excluding hydrogens is 272 g/mol. The number of ether oxygens (including phenoxy) is 2. The lowest BCUT2D eigenvalue weighted by atomic mass is 9.90. The summed E-state index contributed by atoms with van der Waals surface area (Å²) < 4.78 is 10.5. The van der Waals surface area contributed by atoms with Gasteiger partial charge in [0.15, 0.2) is 11.8 Å². The number of rotatable bonds is 6. The molecule has 0 aliphatic carbocycles. The summed E-state index contributed by atoms with van der Waals surface area (Å²) in [7, 11) is 4.36. The van der Waals surface area contributed by atoms with Crippen LogP contribution in [0.25, 0.3) is 0 Å². The Morgan fingerprint density at radius 2 is 1.81 bits per heavy atom. The minimum Gasteiger partial charge on any atom is -0.353 e. The second kappa shape index (κ2) is 6.24. The molecule has 1 aliphatic rings. The maximum atomic E-state index is 12.5. The first kappa shape index (κ1) is 15.5. The molecule has 3 amide bonds. The monoisotopic (exact) mass is 292 g/mol. The lowest BCUT2D eigenvalue weighted by Gasteiger charge is -2.32. The first-order valence-electron chi connectivity index (χ1n) is 6.75. The standard InChI is InChI=1S/C15H20N2O4/c1-17-12(18)15(16-14(17)19,13(20-2)21-3)10-9-11-7-5-4-6-8-11/h4-8,13H,9-10H2,1-3H3,(H,16,19)/t15-/m0/s1. The lowest BCUT2D eigenvalue weighted by molar-refractivity contribution is -0.168. The van der Waals surface area contributed by atoms with E-state index in [9.17, 15) is 9.59 Å². The zero-order chi connectivity index (χ0) is 15.5. The van der Waals surface area contributed by atoms with Gasteiger partial charge in [-0.15, -0.1) is 0 Å². The highest BCUT2D eigenvalue weighted by atomic mass is 16.7. The van der Waals surface area contributed by atoms with Crippen LogP contribution in [0.15, 0.2) is 30.3 Å². The van der Waals surface area contributed by atoms with Crippen LogP contribution in [0.5, 0.6) is 0 Å². The molecule has 1 atom stereocenters. The molecule has 0 spiro atoms. The highest BCUT2D eigenvalue weighted by Crippen LogP contribution is 2.28. The van der Waals surface area contributed by atoms with Gasteiger partial charge >= 0.3 is 6.03 Å². The molecule has 1 saturated heterocycles. The van der Waals surface area contributed by atoms with Gasteiger partial charge in [-0.1, -0.05) is 30.3 Å². The Balaban J connectivity index is 2.25. The maximum Gasteiger partial charge on any atom is 0.324 e. The smallest absolute Gasteiger partial charge is 0.324 e. The van der Waals surface area contributed by atoms with E-state index in [2.05, 4.69) is 5.32 Å². The van der Waals surface area contributed by atoms with E-state index < -0.39 is 17.9 Å². The highest BCUT2D eigenvalue weighted by molar-refractivity contribution is 6.07. The van der Waals surface area contributed by atoms with Crippen LogP contribution in [-0.2, 0) is 20.7 Å². The first-order chi connectivity index (χ1) is 10.0. The molecule has 0 aromatic heterocycles. The van der Waals surface area contributed by atoms with Crippen LogP contribution in [0.3, 0.4) is 0 Å². The second-order valence-electron chi connectivity index (χ2n) is 5.05. The molecule has 1 aromatic carbocycles. The first-order valence-corrected chi connectivity index (χ1v) is 6.75. The number of urea groups is 1. The molecule has 0 bridgehead atoms. The van der Waals surface area contributed by atoms with Crippen LogP contribution in [0.1, 0.15) is 12.0 Å². The van der Waals surface area contributed by atoms with E-state index >= 15 is 0 Å². The Bertz CT molecular complexity index is 516. The fraction of sp³-hybridized carbons (Fsp3) is 0.467. The van der Waals surface area contributed by atoms with Crippen molar-refractivity contribution in [1.82, 2.24) is 10.2 Å². The molecule has 21 heavy (non-hydrogen) atoms. The molecule has 1 heterocycles. The summed E-state index contributed by atoms with van der Waals surface area (Å²) in [5, 5.41) is 2.73. The van der Waals surface area contributed by atoms with E-state index in [0.29, 0.717) is 12.8 Å².